The van der Waals surface area contributed by atoms with Crippen molar-refractivity contribution < 1.29 is 14.0 Å². The molecule has 0 aromatic heterocycles. The van der Waals surface area contributed by atoms with E-state index in [9.17, 15) is 14.0 Å². The maximum Gasteiger partial charge on any atom is 0.293 e. The van der Waals surface area contributed by atoms with Gasteiger partial charge in [-0.15, -0.1) is 0 Å². The van der Waals surface area contributed by atoms with Gasteiger partial charge in [-0.2, -0.15) is 0 Å². The zero-order valence-corrected chi connectivity index (χ0v) is 14.3. The van der Waals surface area contributed by atoms with E-state index in [2.05, 4.69) is 0 Å². The number of nitrogens with zero attached hydrogens (tertiary/aromatic N) is 1. The molecule has 2 aromatic carbocycles. The maximum absolute atomic E-state index is 13.9. The Labute approximate surface area is 148 Å². The first-order chi connectivity index (χ1) is 11.5. The average molecular weight is 362 g/mol. The van der Waals surface area contributed by atoms with Crippen molar-refractivity contribution >= 4 is 40.6 Å². The van der Waals surface area contributed by atoms with Crippen LogP contribution in [0.25, 0.3) is 6.08 Å². The van der Waals surface area contributed by atoms with Gasteiger partial charge < -0.3 is 0 Å². The van der Waals surface area contributed by atoms with E-state index in [1.54, 1.807) is 0 Å². The lowest BCUT2D eigenvalue weighted by molar-refractivity contribution is -0.123. The fourth-order valence-electron chi connectivity index (χ4n) is 2.29. The molecular weight excluding hydrogens is 349 g/mol. The molecule has 1 aliphatic heterocycles. The molecule has 2 amide bonds. The van der Waals surface area contributed by atoms with E-state index in [1.165, 1.54) is 24.3 Å². The summed E-state index contributed by atoms with van der Waals surface area (Å²) in [4.78, 5) is 25.9. The summed E-state index contributed by atoms with van der Waals surface area (Å²) in [5.41, 5.74) is 2.06. The second kappa shape index (κ2) is 6.79. The molecule has 2 aromatic rings. The molecule has 0 N–H and O–H groups in total. The molecule has 0 aliphatic carbocycles. The minimum atomic E-state index is -0.534. The lowest BCUT2D eigenvalue weighted by Gasteiger charge is -2.12. The molecule has 0 saturated carbocycles. The Morgan fingerprint density at radius 1 is 1.17 bits per heavy atom. The molecule has 3 rings (SSSR count). The van der Waals surface area contributed by atoms with Crippen molar-refractivity contribution in [1.82, 2.24) is 4.90 Å². The molecule has 1 fully saturated rings. The summed E-state index contributed by atoms with van der Waals surface area (Å²) in [7, 11) is 0. The van der Waals surface area contributed by atoms with Crippen LogP contribution in [0.5, 0.6) is 0 Å². The number of hydrogen-bond acceptors (Lipinski definition) is 3. The Kier molecular flexibility index (Phi) is 4.73. The highest BCUT2D eigenvalue weighted by Crippen LogP contribution is 2.35. The summed E-state index contributed by atoms with van der Waals surface area (Å²) in [6.07, 6.45) is 1.33. The van der Waals surface area contributed by atoms with Crippen molar-refractivity contribution in [2.45, 2.75) is 13.5 Å². The second-order valence-electron chi connectivity index (χ2n) is 5.39. The number of imide groups is 1. The van der Waals surface area contributed by atoms with E-state index in [1.807, 2.05) is 31.2 Å². The standard InChI is InChI=1S/C18H13ClFNO2S/c1-11-5-7-12(8-6-11)10-21-17(22)16(24-18(21)23)9-13-14(19)3-2-4-15(13)20/h2-9H,10H2,1H3/b16-9-. The van der Waals surface area contributed by atoms with E-state index >= 15 is 0 Å². The maximum atomic E-state index is 13.9. The minimum Gasteiger partial charge on any atom is -0.268 e. The van der Waals surface area contributed by atoms with Crippen LogP contribution in [0.15, 0.2) is 47.4 Å². The van der Waals surface area contributed by atoms with Crippen LogP contribution in [-0.2, 0) is 11.3 Å². The third-order valence-electron chi connectivity index (χ3n) is 3.61. The van der Waals surface area contributed by atoms with Crippen molar-refractivity contribution in [3.8, 4) is 0 Å². The number of aryl methyl sites for hydroxylation is 1. The lowest BCUT2D eigenvalue weighted by Crippen LogP contribution is -2.27. The quantitative estimate of drug-likeness (QED) is 0.720. The van der Waals surface area contributed by atoms with Crippen molar-refractivity contribution in [1.29, 1.82) is 0 Å². The van der Waals surface area contributed by atoms with Crippen LogP contribution >= 0.6 is 23.4 Å². The van der Waals surface area contributed by atoms with E-state index in [4.69, 9.17) is 11.6 Å². The second-order valence-corrected chi connectivity index (χ2v) is 6.79. The molecule has 1 saturated heterocycles. The topological polar surface area (TPSA) is 37.4 Å². The fourth-order valence-corrected chi connectivity index (χ4v) is 3.33. The van der Waals surface area contributed by atoms with Crippen molar-refractivity contribution in [2.24, 2.45) is 0 Å². The average Bonchev–Trinajstić information content (AvgIpc) is 2.80. The molecule has 0 spiro atoms. The number of carbonyl (C=O) groups is 2. The van der Waals surface area contributed by atoms with Crippen LogP contribution < -0.4 is 0 Å². The number of thioether (sulfide) groups is 1. The highest BCUT2D eigenvalue weighted by atomic mass is 35.5. The highest BCUT2D eigenvalue weighted by molar-refractivity contribution is 8.18. The predicted octanol–water partition coefficient (Wildman–Crippen LogP) is 5.02. The molecule has 0 unspecified atom stereocenters. The number of halogens is 2. The monoisotopic (exact) mass is 361 g/mol. The first kappa shape index (κ1) is 16.7. The van der Waals surface area contributed by atoms with Gasteiger partial charge in [-0.05, 0) is 42.5 Å². The number of benzene rings is 2. The smallest absolute Gasteiger partial charge is 0.268 e. The summed E-state index contributed by atoms with van der Waals surface area (Å²) in [6.45, 7) is 2.15. The van der Waals surface area contributed by atoms with E-state index in [0.717, 1.165) is 27.8 Å². The minimum absolute atomic E-state index is 0.111. The highest BCUT2D eigenvalue weighted by Gasteiger charge is 2.35. The van der Waals surface area contributed by atoms with Crippen LogP contribution in [-0.4, -0.2) is 16.0 Å². The number of rotatable bonds is 3. The first-order valence-electron chi connectivity index (χ1n) is 7.20. The first-order valence-corrected chi connectivity index (χ1v) is 8.40. The molecule has 0 atom stereocenters. The van der Waals surface area contributed by atoms with Gasteiger partial charge >= 0.3 is 0 Å². The van der Waals surface area contributed by atoms with Gasteiger partial charge in [-0.3, -0.25) is 14.5 Å². The molecule has 0 radical (unpaired) electrons. The van der Waals surface area contributed by atoms with Crippen LogP contribution in [0.3, 0.4) is 0 Å². The SMILES string of the molecule is Cc1ccc(CN2C(=O)S/C(=C\c3c(F)cccc3Cl)C2=O)cc1. The third-order valence-corrected chi connectivity index (χ3v) is 4.85. The number of amides is 2. The molecule has 1 aliphatic rings. The normalized spacial score (nSPS) is 16.3. The van der Waals surface area contributed by atoms with Gasteiger partial charge in [0.2, 0.25) is 0 Å². The summed E-state index contributed by atoms with van der Waals surface area (Å²) in [5, 5.41) is -0.181. The Balaban J connectivity index is 1.86. The zero-order chi connectivity index (χ0) is 17.3. The molecule has 6 heteroatoms. The van der Waals surface area contributed by atoms with E-state index in [-0.39, 0.29) is 27.3 Å². The van der Waals surface area contributed by atoms with Gasteiger partial charge in [0.25, 0.3) is 11.1 Å². The number of carbonyl (C=O) groups excluding carboxylic acids is 2. The van der Waals surface area contributed by atoms with Gasteiger partial charge in [-0.1, -0.05) is 47.5 Å². The van der Waals surface area contributed by atoms with Gasteiger partial charge in [0.15, 0.2) is 0 Å². The Bertz CT molecular complexity index is 828. The Morgan fingerprint density at radius 2 is 1.88 bits per heavy atom. The summed E-state index contributed by atoms with van der Waals surface area (Å²) in [6, 6.07) is 11.9. The van der Waals surface area contributed by atoms with Gasteiger partial charge in [0, 0.05) is 5.56 Å². The molecule has 0 bridgehead atoms. The summed E-state index contributed by atoms with van der Waals surface area (Å²) in [5.74, 6) is -0.974. The Hall–Kier alpha value is -2.11. The van der Waals surface area contributed by atoms with Crippen LogP contribution in [0.2, 0.25) is 5.02 Å². The summed E-state index contributed by atoms with van der Waals surface area (Å²) < 4.78 is 13.9. The Morgan fingerprint density at radius 3 is 2.54 bits per heavy atom. The van der Waals surface area contributed by atoms with Crippen LogP contribution in [0, 0.1) is 12.7 Å². The molecule has 3 nitrogen and oxygen atoms in total. The van der Waals surface area contributed by atoms with E-state index < -0.39 is 11.7 Å². The predicted molar refractivity (Wildman–Crippen MR) is 94.1 cm³/mol. The van der Waals surface area contributed by atoms with Crippen molar-refractivity contribution in [2.75, 3.05) is 0 Å². The van der Waals surface area contributed by atoms with Gasteiger partial charge in [0.05, 0.1) is 16.5 Å². The lowest BCUT2D eigenvalue weighted by atomic mass is 10.1. The molecular formula is C18H13ClFNO2S. The van der Waals surface area contributed by atoms with Gasteiger partial charge in [-0.25, -0.2) is 4.39 Å². The molecule has 24 heavy (non-hydrogen) atoms. The van der Waals surface area contributed by atoms with Crippen molar-refractivity contribution in [3.63, 3.8) is 0 Å². The third kappa shape index (κ3) is 3.37. The van der Waals surface area contributed by atoms with Crippen LogP contribution in [0.4, 0.5) is 9.18 Å². The van der Waals surface area contributed by atoms with Crippen molar-refractivity contribution in [3.05, 3.63) is 74.9 Å². The summed E-state index contributed by atoms with van der Waals surface area (Å²) >= 11 is 6.76. The largest absolute Gasteiger partial charge is 0.293 e. The molecule has 122 valence electrons. The van der Waals surface area contributed by atoms with Gasteiger partial charge in [0.1, 0.15) is 5.82 Å². The van der Waals surface area contributed by atoms with E-state index in [0.29, 0.717) is 0 Å². The molecule has 1 heterocycles. The zero-order valence-electron chi connectivity index (χ0n) is 12.8. The van der Waals surface area contributed by atoms with Crippen LogP contribution in [0.1, 0.15) is 16.7 Å². The fraction of sp³-hybridized carbons (Fsp3) is 0.111. The number of hydrogen-bond donors (Lipinski definition) is 0.